The second-order valence-corrected chi connectivity index (χ2v) is 6.00. The van der Waals surface area contributed by atoms with Crippen molar-refractivity contribution < 1.29 is 27.4 Å². The van der Waals surface area contributed by atoms with E-state index in [1.54, 1.807) is 30.3 Å². The van der Waals surface area contributed by atoms with Gasteiger partial charge in [-0.3, -0.25) is 0 Å². The van der Waals surface area contributed by atoms with Crippen LogP contribution in [-0.2, 0) is 20.9 Å². The minimum absolute atomic E-state index is 0.156. The largest absolute Gasteiger partial charge is 0.490 e. The smallest absolute Gasteiger partial charge is 0.442 e. The zero-order chi connectivity index (χ0) is 17.4. The fourth-order valence-corrected chi connectivity index (χ4v) is 2.69. The molecule has 0 bridgehead atoms. The van der Waals surface area contributed by atoms with E-state index in [0.717, 1.165) is 17.3 Å². The molecule has 0 fully saturated rings. The molecule has 0 radical (unpaired) electrons. The van der Waals surface area contributed by atoms with Gasteiger partial charge >= 0.3 is 12.1 Å². The maximum atomic E-state index is 12.4. The molecule has 0 saturated carbocycles. The van der Waals surface area contributed by atoms with Gasteiger partial charge in [0.2, 0.25) is 0 Å². The summed E-state index contributed by atoms with van der Waals surface area (Å²) in [6.45, 7) is 0.0620. The Morgan fingerprint density at radius 3 is 2.17 bits per heavy atom. The topological polar surface area (TPSA) is 35.5 Å². The summed E-state index contributed by atoms with van der Waals surface area (Å²) in [6.07, 6.45) is -5.03. The minimum Gasteiger partial charge on any atom is -0.442 e. The lowest BCUT2D eigenvalue weighted by molar-refractivity contribution is -0.202. The summed E-state index contributed by atoms with van der Waals surface area (Å²) in [7, 11) is 0. The molecule has 2 aromatic carbocycles. The Morgan fingerprint density at radius 1 is 1.00 bits per heavy atom. The minimum atomic E-state index is -5.03. The first-order valence-corrected chi connectivity index (χ1v) is 7.94. The number of rotatable bonds is 7. The number of hydrogen-bond acceptors (Lipinski definition) is 4. The zero-order valence-corrected chi connectivity index (χ0v) is 13.3. The van der Waals surface area contributed by atoms with Crippen molar-refractivity contribution in [2.45, 2.75) is 23.1 Å². The van der Waals surface area contributed by atoms with Crippen molar-refractivity contribution in [1.82, 2.24) is 0 Å². The summed E-state index contributed by atoms with van der Waals surface area (Å²) < 4.78 is 47.2. The molecule has 24 heavy (non-hydrogen) atoms. The van der Waals surface area contributed by atoms with Gasteiger partial charge in [-0.1, -0.05) is 60.3 Å². The van der Waals surface area contributed by atoms with Crippen LogP contribution in [0.1, 0.15) is 5.56 Å². The molecule has 128 valence electrons. The molecule has 2 aromatic rings. The fraction of sp³-hybridized carbons (Fsp3) is 0.235. The van der Waals surface area contributed by atoms with Crippen LogP contribution in [0.15, 0.2) is 65.6 Å². The quantitative estimate of drug-likeness (QED) is 0.418. The van der Waals surface area contributed by atoms with Crippen LogP contribution in [-0.4, -0.2) is 24.2 Å². The third-order valence-electron chi connectivity index (χ3n) is 2.85. The predicted octanol–water partition coefficient (Wildman–Crippen LogP) is 4.43. The van der Waals surface area contributed by atoms with E-state index < -0.39 is 17.6 Å². The molecule has 0 heterocycles. The second-order valence-electron chi connectivity index (χ2n) is 4.76. The van der Waals surface area contributed by atoms with Crippen molar-refractivity contribution in [2.24, 2.45) is 0 Å². The van der Waals surface area contributed by atoms with Crippen LogP contribution in [0.3, 0.4) is 0 Å². The first kappa shape index (κ1) is 18.4. The highest BCUT2D eigenvalue weighted by molar-refractivity contribution is 7.99. The van der Waals surface area contributed by atoms with Gasteiger partial charge in [0.1, 0.15) is 0 Å². The summed E-state index contributed by atoms with van der Waals surface area (Å²) in [5.74, 6) is -2.22. The molecule has 0 spiro atoms. The van der Waals surface area contributed by atoms with Gasteiger partial charge in [-0.15, -0.1) is 0 Å². The van der Waals surface area contributed by atoms with Crippen molar-refractivity contribution in [3.8, 4) is 0 Å². The molecular formula is C17H15F3O3S. The highest BCUT2D eigenvalue weighted by Gasteiger charge is 2.42. The molecule has 0 aliphatic carbocycles. The zero-order valence-electron chi connectivity index (χ0n) is 12.5. The van der Waals surface area contributed by atoms with Crippen LogP contribution < -0.4 is 0 Å². The van der Waals surface area contributed by atoms with Crippen molar-refractivity contribution in [3.05, 3.63) is 66.2 Å². The van der Waals surface area contributed by atoms with Crippen molar-refractivity contribution in [3.63, 3.8) is 0 Å². The Morgan fingerprint density at radius 2 is 1.58 bits per heavy atom. The van der Waals surface area contributed by atoms with E-state index in [-0.39, 0.29) is 13.2 Å². The summed E-state index contributed by atoms with van der Waals surface area (Å²) in [5.41, 5.74) is -0.214. The van der Waals surface area contributed by atoms with E-state index in [1.165, 1.54) is 0 Å². The van der Waals surface area contributed by atoms with E-state index in [0.29, 0.717) is 4.90 Å². The number of esters is 1. The molecule has 2 rings (SSSR count). The van der Waals surface area contributed by atoms with E-state index in [2.05, 4.69) is 4.74 Å². The monoisotopic (exact) mass is 356 g/mol. The van der Waals surface area contributed by atoms with Crippen LogP contribution in [0.4, 0.5) is 13.2 Å². The molecule has 1 atom stereocenters. The lowest BCUT2D eigenvalue weighted by atomic mass is 10.2. The molecule has 0 aliphatic heterocycles. The summed E-state index contributed by atoms with van der Waals surface area (Å²) in [6, 6.07) is 17.9. The van der Waals surface area contributed by atoms with Crippen molar-refractivity contribution in [1.29, 1.82) is 0 Å². The lowest BCUT2D eigenvalue weighted by Gasteiger charge is -2.18. The average Bonchev–Trinajstić information content (AvgIpc) is 2.56. The first-order chi connectivity index (χ1) is 11.4. The van der Waals surface area contributed by atoms with Gasteiger partial charge in [0, 0.05) is 4.90 Å². The van der Waals surface area contributed by atoms with E-state index in [1.807, 2.05) is 30.3 Å². The van der Waals surface area contributed by atoms with Gasteiger partial charge < -0.3 is 9.47 Å². The highest BCUT2D eigenvalue weighted by atomic mass is 32.2. The Hall–Kier alpha value is -1.99. The van der Waals surface area contributed by atoms with E-state index in [4.69, 9.17) is 4.74 Å². The number of benzene rings is 2. The van der Waals surface area contributed by atoms with Crippen LogP contribution in [0.5, 0.6) is 0 Å². The number of carbonyl (C=O) groups excluding carboxylic acids is 1. The van der Waals surface area contributed by atoms with Gasteiger partial charge in [-0.05, 0) is 17.7 Å². The SMILES string of the molecule is O=C(OC(COCc1ccccc1)Sc1ccccc1)C(F)(F)F. The molecule has 7 heteroatoms. The van der Waals surface area contributed by atoms with Gasteiger partial charge in [0.15, 0.2) is 5.44 Å². The maximum absolute atomic E-state index is 12.4. The normalized spacial score (nSPS) is 12.6. The Balaban J connectivity index is 1.95. The molecule has 3 nitrogen and oxygen atoms in total. The second kappa shape index (κ2) is 8.75. The van der Waals surface area contributed by atoms with Crippen molar-refractivity contribution >= 4 is 17.7 Å². The Bertz CT molecular complexity index is 633. The molecule has 0 amide bonds. The average molecular weight is 356 g/mol. The summed E-state index contributed by atoms with van der Waals surface area (Å²) in [4.78, 5) is 11.8. The number of hydrogen-bond donors (Lipinski definition) is 0. The molecule has 0 saturated heterocycles. The van der Waals surface area contributed by atoms with Crippen LogP contribution in [0.2, 0.25) is 0 Å². The third-order valence-corrected chi connectivity index (χ3v) is 3.89. The van der Waals surface area contributed by atoms with E-state index >= 15 is 0 Å². The Labute approximate surface area is 141 Å². The fourth-order valence-electron chi connectivity index (χ4n) is 1.78. The summed E-state index contributed by atoms with van der Waals surface area (Å²) >= 11 is 1.00. The highest BCUT2D eigenvalue weighted by Crippen LogP contribution is 2.27. The van der Waals surface area contributed by atoms with Gasteiger partial charge in [0.25, 0.3) is 0 Å². The molecule has 1 unspecified atom stereocenters. The van der Waals surface area contributed by atoms with Crippen LogP contribution >= 0.6 is 11.8 Å². The maximum Gasteiger partial charge on any atom is 0.490 e. The Kier molecular flexibility index (Phi) is 6.69. The number of thioether (sulfide) groups is 1. The molecular weight excluding hydrogens is 341 g/mol. The van der Waals surface area contributed by atoms with E-state index in [9.17, 15) is 18.0 Å². The predicted molar refractivity (Wildman–Crippen MR) is 84.3 cm³/mol. The molecule has 0 aromatic heterocycles. The molecule has 0 aliphatic rings. The first-order valence-electron chi connectivity index (χ1n) is 7.06. The molecule has 0 N–H and O–H groups in total. The lowest BCUT2D eigenvalue weighted by Crippen LogP contribution is -2.30. The standard InChI is InChI=1S/C17H15F3O3S/c18-17(19,20)16(21)23-15(24-14-9-5-2-6-10-14)12-22-11-13-7-3-1-4-8-13/h1-10,15H,11-12H2. The number of halogens is 3. The van der Waals surface area contributed by atoms with Crippen molar-refractivity contribution in [2.75, 3.05) is 6.61 Å². The van der Waals surface area contributed by atoms with Gasteiger partial charge in [-0.25, -0.2) is 4.79 Å². The third kappa shape index (κ3) is 6.25. The summed E-state index contributed by atoms with van der Waals surface area (Å²) in [5, 5.41) is 0. The number of carbonyl (C=O) groups is 1. The van der Waals surface area contributed by atoms with Gasteiger partial charge in [-0.2, -0.15) is 13.2 Å². The van der Waals surface area contributed by atoms with Crippen LogP contribution in [0, 0.1) is 0 Å². The van der Waals surface area contributed by atoms with Crippen LogP contribution in [0.25, 0.3) is 0 Å². The van der Waals surface area contributed by atoms with Gasteiger partial charge in [0.05, 0.1) is 13.2 Å². The number of ether oxygens (including phenoxy) is 2. The number of alkyl halides is 3.